The molecule has 2 aromatic heterocycles. The summed E-state index contributed by atoms with van der Waals surface area (Å²) in [6, 6.07) is 22.0. The van der Waals surface area contributed by atoms with Gasteiger partial charge in [0.2, 0.25) is 0 Å². The van der Waals surface area contributed by atoms with Crippen LogP contribution in [-0.2, 0) is 24.4 Å². The van der Waals surface area contributed by atoms with Crippen LogP contribution in [0.2, 0.25) is 0 Å². The first kappa shape index (κ1) is 29.1. The second-order valence-electron chi connectivity index (χ2n) is 10.4. The Morgan fingerprint density at radius 1 is 0.881 bits per heavy atom. The molecule has 0 spiro atoms. The SMILES string of the molecule is CCCCCOc1ccc2nc(CCCC)n(Cc3ccc(-c4ccccc4-c4nnnn4COC)cc3)c(=O)c2c1. The van der Waals surface area contributed by atoms with Gasteiger partial charge in [-0.25, -0.2) is 4.98 Å². The van der Waals surface area contributed by atoms with Gasteiger partial charge in [0, 0.05) is 19.1 Å². The van der Waals surface area contributed by atoms with Crippen LogP contribution >= 0.6 is 0 Å². The molecule has 5 aromatic rings. The van der Waals surface area contributed by atoms with E-state index in [1.807, 2.05) is 41.0 Å². The number of hydrogen-bond acceptors (Lipinski definition) is 7. The Labute approximate surface area is 246 Å². The molecule has 0 N–H and O–H groups in total. The maximum absolute atomic E-state index is 13.8. The van der Waals surface area contributed by atoms with Crippen LogP contribution in [0.1, 0.15) is 57.3 Å². The van der Waals surface area contributed by atoms with E-state index in [9.17, 15) is 4.79 Å². The number of rotatable bonds is 14. The molecule has 42 heavy (non-hydrogen) atoms. The molecular weight excluding hydrogens is 528 g/mol. The van der Waals surface area contributed by atoms with Gasteiger partial charge in [0.15, 0.2) is 5.82 Å². The van der Waals surface area contributed by atoms with Gasteiger partial charge in [-0.2, -0.15) is 4.68 Å². The van der Waals surface area contributed by atoms with Crippen molar-refractivity contribution in [1.82, 2.24) is 29.8 Å². The van der Waals surface area contributed by atoms with Crippen molar-refractivity contribution in [2.24, 2.45) is 0 Å². The van der Waals surface area contributed by atoms with Crippen molar-refractivity contribution in [2.45, 2.75) is 65.6 Å². The number of benzene rings is 3. The molecule has 0 fully saturated rings. The van der Waals surface area contributed by atoms with E-state index in [4.69, 9.17) is 14.5 Å². The number of fused-ring (bicyclic) bond motifs is 1. The van der Waals surface area contributed by atoms with Gasteiger partial charge in [-0.1, -0.05) is 81.6 Å². The minimum Gasteiger partial charge on any atom is -0.494 e. The maximum atomic E-state index is 13.8. The number of tetrazole rings is 1. The lowest BCUT2D eigenvalue weighted by Crippen LogP contribution is -2.26. The summed E-state index contributed by atoms with van der Waals surface area (Å²) in [4.78, 5) is 18.8. The molecular formula is C33H38N6O3. The Bertz CT molecular complexity index is 1680. The van der Waals surface area contributed by atoms with E-state index in [-0.39, 0.29) is 12.3 Å². The highest BCUT2D eigenvalue weighted by molar-refractivity contribution is 5.81. The average Bonchev–Trinajstić information content (AvgIpc) is 3.48. The minimum atomic E-state index is -0.0375. The van der Waals surface area contributed by atoms with Gasteiger partial charge in [-0.3, -0.25) is 9.36 Å². The Hall–Kier alpha value is -4.37. The third kappa shape index (κ3) is 6.57. The summed E-state index contributed by atoms with van der Waals surface area (Å²) in [5, 5.41) is 12.7. The quantitative estimate of drug-likeness (QED) is 0.146. The highest BCUT2D eigenvalue weighted by Gasteiger charge is 2.16. The predicted octanol–water partition coefficient (Wildman–Crippen LogP) is 6.28. The van der Waals surface area contributed by atoms with Gasteiger partial charge < -0.3 is 9.47 Å². The molecule has 0 aliphatic carbocycles. The van der Waals surface area contributed by atoms with Gasteiger partial charge in [0.1, 0.15) is 18.3 Å². The molecule has 0 saturated carbocycles. The molecule has 0 saturated heterocycles. The molecule has 0 bridgehead atoms. The lowest BCUT2D eigenvalue weighted by Gasteiger charge is -2.15. The number of ether oxygens (including phenoxy) is 2. The van der Waals surface area contributed by atoms with E-state index in [1.165, 1.54) is 0 Å². The molecule has 0 unspecified atom stereocenters. The highest BCUT2D eigenvalue weighted by Crippen LogP contribution is 2.31. The molecule has 0 radical (unpaired) electrons. The normalized spacial score (nSPS) is 11.3. The summed E-state index contributed by atoms with van der Waals surface area (Å²) in [5.74, 6) is 2.16. The number of unbranched alkanes of at least 4 members (excludes halogenated alkanes) is 3. The van der Waals surface area contributed by atoms with Crippen molar-refractivity contribution in [3.63, 3.8) is 0 Å². The molecule has 3 aromatic carbocycles. The second-order valence-corrected chi connectivity index (χ2v) is 10.4. The lowest BCUT2D eigenvalue weighted by molar-refractivity contribution is 0.120. The fraction of sp³-hybridized carbons (Fsp3) is 0.364. The smallest absolute Gasteiger partial charge is 0.261 e. The molecule has 0 atom stereocenters. The summed E-state index contributed by atoms with van der Waals surface area (Å²) in [5.41, 5.74) is 4.65. The first-order valence-electron chi connectivity index (χ1n) is 14.7. The van der Waals surface area contributed by atoms with Crippen molar-refractivity contribution < 1.29 is 9.47 Å². The zero-order valence-electron chi connectivity index (χ0n) is 24.6. The van der Waals surface area contributed by atoms with Crippen molar-refractivity contribution in [1.29, 1.82) is 0 Å². The van der Waals surface area contributed by atoms with E-state index in [2.05, 4.69) is 59.7 Å². The second kappa shape index (κ2) is 14.0. The molecule has 2 heterocycles. The van der Waals surface area contributed by atoms with Crippen molar-refractivity contribution in [3.8, 4) is 28.3 Å². The van der Waals surface area contributed by atoms with Crippen LogP contribution < -0.4 is 10.3 Å². The number of aromatic nitrogens is 6. The number of methoxy groups -OCH3 is 1. The van der Waals surface area contributed by atoms with E-state index < -0.39 is 0 Å². The van der Waals surface area contributed by atoms with Crippen LogP contribution in [0.25, 0.3) is 33.4 Å². The van der Waals surface area contributed by atoms with Crippen molar-refractivity contribution in [3.05, 3.63) is 88.5 Å². The molecule has 0 aliphatic heterocycles. The molecule has 9 nitrogen and oxygen atoms in total. The molecule has 5 rings (SSSR count). The Morgan fingerprint density at radius 3 is 2.43 bits per heavy atom. The Morgan fingerprint density at radius 2 is 1.67 bits per heavy atom. The lowest BCUT2D eigenvalue weighted by atomic mass is 9.98. The monoisotopic (exact) mass is 566 g/mol. The molecule has 0 amide bonds. The van der Waals surface area contributed by atoms with Gasteiger partial charge in [0.25, 0.3) is 5.56 Å². The van der Waals surface area contributed by atoms with Crippen LogP contribution in [0, 0.1) is 0 Å². The van der Waals surface area contributed by atoms with Crippen LogP contribution in [0.3, 0.4) is 0 Å². The third-order valence-electron chi connectivity index (χ3n) is 7.33. The Balaban J connectivity index is 1.45. The van der Waals surface area contributed by atoms with Crippen LogP contribution in [0.15, 0.2) is 71.5 Å². The van der Waals surface area contributed by atoms with Crippen LogP contribution in [0.5, 0.6) is 5.75 Å². The third-order valence-corrected chi connectivity index (χ3v) is 7.33. The van der Waals surface area contributed by atoms with Crippen LogP contribution in [-0.4, -0.2) is 43.5 Å². The topological polar surface area (TPSA) is 97.0 Å². The van der Waals surface area contributed by atoms with Gasteiger partial charge in [-0.05, 0) is 58.2 Å². The first-order valence-corrected chi connectivity index (χ1v) is 14.7. The fourth-order valence-electron chi connectivity index (χ4n) is 5.08. The summed E-state index contributed by atoms with van der Waals surface area (Å²) >= 11 is 0. The summed E-state index contributed by atoms with van der Waals surface area (Å²) in [6.45, 7) is 5.66. The highest BCUT2D eigenvalue weighted by atomic mass is 16.5. The van der Waals surface area contributed by atoms with Crippen molar-refractivity contribution >= 4 is 10.9 Å². The van der Waals surface area contributed by atoms with Gasteiger partial charge >= 0.3 is 0 Å². The van der Waals surface area contributed by atoms with Gasteiger partial charge in [0.05, 0.1) is 24.1 Å². The van der Waals surface area contributed by atoms with Crippen molar-refractivity contribution in [2.75, 3.05) is 13.7 Å². The predicted molar refractivity (Wildman–Crippen MR) is 164 cm³/mol. The summed E-state index contributed by atoms with van der Waals surface area (Å²) in [7, 11) is 1.61. The van der Waals surface area contributed by atoms with E-state index >= 15 is 0 Å². The summed E-state index contributed by atoms with van der Waals surface area (Å²) in [6.07, 6.45) is 6.00. The van der Waals surface area contributed by atoms with E-state index in [1.54, 1.807) is 11.8 Å². The number of hydrogen-bond donors (Lipinski definition) is 0. The van der Waals surface area contributed by atoms with Crippen LogP contribution in [0.4, 0.5) is 0 Å². The molecule has 0 aliphatic rings. The zero-order chi connectivity index (χ0) is 29.3. The average molecular weight is 567 g/mol. The Kier molecular flexibility index (Phi) is 9.71. The standard InChI is InChI=1S/C33H38N6O3/c1-4-6-10-20-42-26-18-19-30-29(21-26)33(40)38(31(34-30)13-7-5-2)22-24-14-16-25(17-15-24)27-11-8-9-12-28(27)32-35-36-37-39(32)23-41-3/h8-9,11-12,14-19,21H,4-7,10,13,20,22-23H2,1-3H3. The van der Waals surface area contributed by atoms with E-state index in [0.717, 1.165) is 66.6 Å². The number of nitrogens with zero attached hydrogens (tertiary/aromatic N) is 6. The maximum Gasteiger partial charge on any atom is 0.261 e. The molecule has 218 valence electrons. The van der Waals surface area contributed by atoms with Gasteiger partial charge in [-0.15, -0.1) is 5.10 Å². The summed E-state index contributed by atoms with van der Waals surface area (Å²) < 4.78 is 14.6. The fourth-order valence-corrected chi connectivity index (χ4v) is 5.08. The number of aryl methyl sites for hydroxylation is 1. The largest absolute Gasteiger partial charge is 0.494 e. The minimum absolute atomic E-state index is 0.0375. The first-order chi connectivity index (χ1) is 20.6. The zero-order valence-corrected chi connectivity index (χ0v) is 24.6. The molecule has 9 heteroatoms. The van der Waals surface area contributed by atoms with E-state index in [0.29, 0.717) is 35.6 Å².